The second kappa shape index (κ2) is 1.94. The largest absolute Gasteiger partial charge is 0.274 e. The molecule has 0 bridgehead atoms. The molecule has 1 aliphatic rings. The molecule has 1 heterocycles. The zero-order chi connectivity index (χ0) is 6.15. The number of amides is 1. The normalized spacial score (nSPS) is 29.5. The minimum atomic E-state index is 0.0548. The molecule has 0 aromatic rings. The minimum absolute atomic E-state index is 0.0548. The Balaban J connectivity index is 2.51. The van der Waals surface area contributed by atoms with Crippen LogP contribution in [-0.2, 0) is 4.79 Å². The molecule has 0 spiro atoms. The highest BCUT2D eigenvalue weighted by Gasteiger charge is 2.24. The molecule has 3 heteroatoms. The maximum Gasteiger partial charge on any atom is 0.237 e. The van der Waals surface area contributed by atoms with Gasteiger partial charge in [-0.15, -0.1) is 0 Å². The summed E-state index contributed by atoms with van der Waals surface area (Å²) < 4.78 is 1.25. The molecule has 2 nitrogen and oxygen atoms in total. The summed E-state index contributed by atoms with van der Waals surface area (Å²) >= 11 is 5.44. The molecular weight excluding hydrogens is 126 g/mol. The first kappa shape index (κ1) is 5.89. The van der Waals surface area contributed by atoms with E-state index < -0.39 is 0 Å². The van der Waals surface area contributed by atoms with Crippen LogP contribution in [0.2, 0.25) is 0 Å². The number of hydrogen-bond donors (Lipinski definition) is 0. The summed E-state index contributed by atoms with van der Waals surface area (Å²) in [5.74, 6) is 0.499. The van der Waals surface area contributed by atoms with E-state index in [1.54, 1.807) is 0 Å². The Labute approximate surface area is 53.5 Å². The molecule has 0 aromatic carbocycles. The molecule has 0 radical (unpaired) electrons. The Hall–Kier alpha value is -0.240. The highest BCUT2D eigenvalue weighted by Crippen LogP contribution is 2.17. The van der Waals surface area contributed by atoms with Crippen LogP contribution in [0.4, 0.5) is 0 Å². The highest BCUT2D eigenvalue weighted by molar-refractivity contribution is 6.21. The lowest BCUT2D eigenvalue weighted by molar-refractivity contribution is -0.123. The van der Waals surface area contributed by atoms with Crippen molar-refractivity contribution in [1.82, 2.24) is 4.42 Å². The van der Waals surface area contributed by atoms with Gasteiger partial charge in [0, 0.05) is 24.7 Å². The van der Waals surface area contributed by atoms with Gasteiger partial charge in [-0.3, -0.25) is 9.21 Å². The average Bonchev–Trinajstić information content (AvgIpc) is 1.85. The Kier molecular flexibility index (Phi) is 1.43. The Bertz CT molecular complexity index is 115. The summed E-state index contributed by atoms with van der Waals surface area (Å²) in [6.07, 6.45) is 0.615. The lowest BCUT2D eigenvalue weighted by Crippen LogP contribution is -2.11. The van der Waals surface area contributed by atoms with Crippen LogP contribution in [0.1, 0.15) is 13.3 Å². The number of halogens is 1. The van der Waals surface area contributed by atoms with Crippen LogP contribution in [0.3, 0.4) is 0 Å². The first-order valence-corrected chi connectivity index (χ1v) is 3.00. The second-order valence-electron chi connectivity index (χ2n) is 2.25. The van der Waals surface area contributed by atoms with Crippen molar-refractivity contribution >= 4 is 17.7 Å². The molecule has 1 fully saturated rings. The molecule has 1 rings (SSSR count). The highest BCUT2D eigenvalue weighted by atomic mass is 35.5. The van der Waals surface area contributed by atoms with Crippen molar-refractivity contribution in [2.24, 2.45) is 5.92 Å². The summed E-state index contributed by atoms with van der Waals surface area (Å²) in [6.45, 7) is 2.72. The third kappa shape index (κ3) is 0.944. The molecule has 0 aliphatic carbocycles. The van der Waals surface area contributed by atoms with Crippen LogP contribution in [-0.4, -0.2) is 16.9 Å². The maximum absolute atomic E-state index is 10.6. The molecule has 46 valence electrons. The summed E-state index contributed by atoms with van der Waals surface area (Å²) in [7, 11) is 0. The lowest BCUT2D eigenvalue weighted by Gasteiger charge is -2.00. The SMILES string of the molecule is CC1CC(=O)N(Cl)C1. The summed E-state index contributed by atoms with van der Waals surface area (Å²) in [5, 5.41) is 0. The third-order valence-electron chi connectivity index (χ3n) is 1.27. The van der Waals surface area contributed by atoms with Gasteiger partial charge >= 0.3 is 0 Å². The van der Waals surface area contributed by atoms with E-state index in [-0.39, 0.29) is 5.91 Å². The van der Waals surface area contributed by atoms with Gasteiger partial charge in [-0.1, -0.05) is 6.92 Å². The van der Waals surface area contributed by atoms with Crippen LogP contribution < -0.4 is 0 Å². The fourth-order valence-corrected chi connectivity index (χ4v) is 1.14. The molecule has 1 unspecified atom stereocenters. The fraction of sp³-hybridized carbons (Fsp3) is 0.800. The third-order valence-corrected chi connectivity index (χ3v) is 1.59. The number of nitrogens with zero attached hydrogens (tertiary/aromatic N) is 1. The van der Waals surface area contributed by atoms with E-state index in [9.17, 15) is 4.79 Å². The zero-order valence-electron chi connectivity index (χ0n) is 4.72. The molecule has 1 amide bonds. The van der Waals surface area contributed by atoms with Gasteiger partial charge in [-0.2, -0.15) is 0 Å². The van der Waals surface area contributed by atoms with Crippen molar-refractivity contribution in [3.8, 4) is 0 Å². The summed E-state index contributed by atoms with van der Waals surface area (Å²) in [5.41, 5.74) is 0. The van der Waals surface area contributed by atoms with Crippen molar-refractivity contribution in [2.45, 2.75) is 13.3 Å². The first-order valence-electron chi connectivity index (χ1n) is 2.66. The van der Waals surface area contributed by atoms with E-state index in [0.717, 1.165) is 0 Å². The van der Waals surface area contributed by atoms with Gasteiger partial charge in [-0.05, 0) is 5.92 Å². The van der Waals surface area contributed by atoms with Crippen LogP contribution in [0, 0.1) is 5.92 Å². The Morgan fingerprint density at radius 3 is 2.62 bits per heavy atom. The van der Waals surface area contributed by atoms with E-state index in [1.807, 2.05) is 6.92 Å². The lowest BCUT2D eigenvalue weighted by atomic mass is 10.2. The topological polar surface area (TPSA) is 20.3 Å². The molecule has 0 saturated carbocycles. The number of hydrogen-bond acceptors (Lipinski definition) is 1. The van der Waals surface area contributed by atoms with Crippen LogP contribution >= 0.6 is 11.8 Å². The average molecular weight is 134 g/mol. The van der Waals surface area contributed by atoms with Gasteiger partial charge in [0.2, 0.25) is 5.91 Å². The first-order chi connectivity index (χ1) is 3.70. The molecule has 0 aromatic heterocycles. The fourth-order valence-electron chi connectivity index (χ4n) is 0.837. The number of carbonyl (C=O) groups is 1. The van der Waals surface area contributed by atoms with Crippen molar-refractivity contribution in [1.29, 1.82) is 0 Å². The van der Waals surface area contributed by atoms with Gasteiger partial charge in [-0.25, -0.2) is 0 Å². The van der Waals surface area contributed by atoms with E-state index >= 15 is 0 Å². The second-order valence-corrected chi connectivity index (χ2v) is 2.66. The monoisotopic (exact) mass is 133 g/mol. The quantitative estimate of drug-likeness (QED) is 0.452. The Morgan fingerprint density at radius 1 is 1.88 bits per heavy atom. The maximum atomic E-state index is 10.6. The molecule has 1 atom stereocenters. The summed E-state index contributed by atoms with van der Waals surface area (Å²) in [4.78, 5) is 10.6. The van der Waals surface area contributed by atoms with E-state index in [0.29, 0.717) is 18.9 Å². The van der Waals surface area contributed by atoms with E-state index in [2.05, 4.69) is 0 Å². The van der Waals surface area contributed by atoms with Crippen molar-refractivity contribution in [3.05, 3.63) is 0 Å². The molecule has 8 heavy (non-hydrogen) atoms. The summed E-state index contributed by atoms with van der Waals surface area (Å²) in [6, 6.07) is 0. The van der Waals surface area contributed by atoms with Crippen molar-refractivity contribution in [3.63, 3.8) is 0 Å². The van der Waals surface area contributed by atoms with Gasteiger partial charge in [0.05, 0.1) is 0 Å². The van der Waals surface area contributed by atoms with Crippen LogP contribution in [0.25, 0.3) is 0 Å². The molecular formula is C5H8ClNO. The van der Waals surface area contributed by atoms with E-state index in [4.69, 9.17) is 11.8 Å². The molecule has 1 saturated heterocycles. The van der Waals surface area contributed by atoms with Gasteiger partial charge in [0.25, 0.3) is 0 Å². The molecule has 0 N–H and O–H groups in total. The van der Waals surface area contributed by atoms with Gasteiger partial charge in [0.1, 0.15) is 0 Å². The zero-order valence-corrected chi connectivity index (χ0v) is 5.48. The van der Waals surface area contributed by atoms with Gasteiger partial charge < -0.3 is 0 Å². The predicted molar refractivity (Wildman–Crippen MR) is 31.3 cm³/mol. The van der Waals surface area contributed by atoms with Crippen LogP contribution in [0.5, 0.6) is 0 Å². The number of carbonyl (C=O) groups excluding carboxylic acids is 1. The van der Waals surface area contributed by atoms with Gasteiger partial charge in [0.15, 0.2) is 0 Å². The minimum Gasteiger partial charge on any atom is -0.274 e. The Morgan fingerprint density at radius 2 is 2.50 bits per heavy atom. The van der Waals surface area contributed by atoms with Crippen LogP contribution in [0.15, 0.2) is 0 Å². The van der Waals surface area contributed by atoms with E-state index in [1.165, 1.54) is 4.42 Å². The standard InChI is InChI=1S/C5H8ClNO/c1-4-2-5(8)7(6)3-4/h4H,2-3H2,1H3. The predicted octanol–water partition coefficient (Wildman–Crippen LogP) is 1.01. The van der Waals surface area contributed by atoms with Crippen molar-refractivity contribution in [2.75, 3.05) is 6.54 Å². The number of rotatable bonds is 0. The smallest absolute Gasteiger partial charge is 0.237 e. The molecule has 1 aliphatic heterocycles. The van der Waals surface area contributed by atoms with Crippen molar-refractivity contribution < 1.29 is 4.79 Å².